The zero-order valence-corrected chi connectivity index (χ0v) is 12.6. The van der Waals surface area contributed by atoms with E-state index < -0.39 is 11.4 Å². The highest BCUT2D eigenvalue weighted by atomic mass is 16.5. The summed E-state index contributed by atoms with van der Waals surface area (Å²) in [6.07, 6.45) is 5.22. The number of rotatable bonds is 7. The summed E-state index contributed by atoms with van der Waals surface area (Å²) in [6.45, 7) is 4.84. The predicted octanol–water partition coefficient (Wildman–Crippen LogP) is 2.34. The number of carboxylic acids is 1. The molecule has 5 nitrogen and oxygen atoms in total. The van der Waals surface area contributed by atoms with Gasteiger partial charge in [0.2, 0.25) is 5.91 Å². The molecule has 20 heavy (non-hydrogen) atoms. The number of hydrogen-bond donors (Lipinski definition) is 2. The lowest BCUT2D eigenvalue weighted by Gasteiger charge is -2.28. The Kier molecular flexibility index (Phi) is 6.99. The van der Waals surface area contributed by atoms with Crippen molar-refractivity contribution in [3.05, 3.63) is 0 Å². The van der Waals surface area contributed by atoms with Crippen LogP contribution in [0.2, 0.25) is 0 Å². The molecule has 1 aliphatic carbocycles. The molecule has 0 aromatic rings. The maximum atomic E-state index is 12.1. The molecule has 116 valence electrons. The maximum absolute atomic E-state index is 12.1. The van der Waals surface area contributed by atoms with E-state index in [4.69, 9.17) is 4.74 Å². The van der Waals surface area contributed by atoms with Crippen molar-refractivity contribution < 1.29 is 19.4 Å². The minimum Gasteiger partial charge on any atom is -0.481 e. The third kappa shape index (κ3) is 5.12. The van der Waals surface area contributed by atoms with Gasteiger partial charge in [0.25, 0.3) is 0 Å². The number of carboxylic acid groups (broad SMARTS) is 1. The van der Waals surface area contributed by atoms with Crippen molar-refractivity contribution in [3.63, 3.8) is 0 Å². The van der Waals surface area contributed by atoms with Crippen LogP contribution in [0.4, 0.5) is 0 Å². The molecule has 1 amide bonds. The van der Waals surface area contributed by atoms with Crippen LogP contribution >= 0.6 is 0 Å². The summed E-state index contributed by atoms with van der Waals surface area (Å²) >= 11 is 0. The van der Waals surface area contributed by atoms with Gasteiger partial charge in [-0.1, -0.05) is 25.7 Å². The number of aliphatic carboxylic acids is 1. The molecule has 0 aromatic heterocycles. The summed E-state index contributed by atoms with van der Waals surface area (Å²) in [4.78, 5) is 23.7. The Morgan fingerprint density at radius 2 is 1.85 bits per heavy atom. The second-order valence-electron chi connectivity index (χ2n) is 5.80. The van der Waals surface area contributed by atoms with Crippen LogP contribution in [0, 0.1) is 5.41 Å². The van der Waals surface area contributed by atoms with E-state index in [2.05, 4.69) is 5.32 Å². The van der Waals surface area contributed by atoms with Gasteiger partial charge in [-0.3, -0.25) is 9.59 Å². The highest BCUT2D eigenvalue weighted by Gasteiger charge is 2.40. The third-order valence-corrected chi connectivity index (χ3v) is 3.99. The SMILES string of the molecule is CCOCC(C)NC(=O)CC1(C(=O)O)CCCCCC1. The Balaban J connectivity index is 2.56. The second kappa shape index (κ2) is 8.25. The van der Waals surface area contributed by atoms with E-state index in [1.54, 1.807) is 0 Å². The van der Waals surface area contributed by atoms with E-state index in [9.17, 15) is 14.7 Å². The normalized spacial score (nSPS) is 19.9. The second-order valence-corrected chi connectivity index (χ2v) is 5.80. The average molecular weight is 285 g/mol. The molecule has 0 spiro atoms. The van der Waals surface area contributed by atoms with Gasteiger partial charge in [-0.05, 0) is 26.7 Å². The topological polar surface area (TPSA) is 75.6 Å². The quantitative estimate of drug-likeness (QED) is 0.704. The summed E-state index contributed by atoms with van der Waals surface area (Å²) in [7, 11) is 0. The largest absolute Gasteiger partial charge is 0.481 e. The van der Waals surface area contributed by atoms with E-state index >= 15 is 0 Å². The molecule has 0 saturated heterocycles. The number of carbonyl (C=O) groups excluding carboxylic acids is 1. The summed E-state index contributed by atoms with van der Waals surface area (Å²) in [6, 6.07) is -0.0842. The Hall–Kier alpha value is -1.10. The summed E-state index contributed by atoms with van der Waals surface area (Å²) < 4.78 is 5.25. The molecule has 1 fully saturated rings. The first-order chi connectivity index (χ1) is 9.50. The van der Waals surface area contributed by atoms with Gasteiger partial charge in [-0.2, -0.15) is 0 Å². The number of nitrogens with one attached hydrogen (secondary N) is 1. The van der Waals surface area contributed by atoms with Crippen LogP contribution in [0.5, 0.6) is 0 Å². The third-order valence-electron chi connectivity index (χ3n) is 3.99. The van der Waals surface area contributed by atoms with Crippen molar-refractivity contribution in [2.75, 3.05) is 13.2 Å². The lowest BCUT2D eigenvalue weighted by atomic mass is 9.77. The Bertz CT molecular complexity index is 322. The molecule has 0 bridgehead atoms. The highest BCUT2D eigenvalue weighted by Crippen LogP contribution is 2.38. The summed E-state index contributed by atoms with van der Waals surface area (Å²) in [5.74, 6) is -1.01. The Morgan fingerprint density at radius 3 is 2.35 bits per heavy atom. The fourth-order valence-corrected chi connectivity index (χ4v) is 2.84. The minimum absolute atomic E-state index is 0.0821. The van der Waals surface area contributed by atoms with E-state index in [0.717, 1.165) is 25.7 Å². The van der Waals surface area contributed by atoms with E-state index in [-0.39, 0.29) is 18.4 Å². The highest BCUT2D eigenvalue weighted by molar-refractivity contribution is 5.85. The van der Waals surface area contributed by atoms with Crippen LogP contribution in [0.3, 0.4) is 0 Å². The van der Waals surface area contributed by atoms with Crippen LogP contribution in [0.15, 0.2) is 0 Å². The molecule has 1 saturated carbocycles. The van der Waals surface area contributed by atoms with Gasteiger partial charge in [-0.15, -0.1) is 0 Å². The molecule has 2 N–H and O–H groups in total. The first-order valence-electron chi connectivity index (χ1n) is 7.60. The molecule has 1 atom stereocenters. The summed E-state index contributed by atoms with van der Waals surface area (Å²) in [5.41, 5.74) is -0.869. The zero-order valence-electron chi connectivity index (χ0n) is 12.6. The van der Waals surface area contributed by atoms with Crippen molar-refractivity contribution >= 4 is 11.9 Å². The maximum Gasteiger partial charge on any atom is 0.310 e. The van der Waals surface area contributed by atoms with Gasteiger partial charge < -0.3 is 15.2 Å². The fourth-order valence-electron chi connectivity index (χ4n) is 2.84. The van der Waals surface area contributed by atoms with Crippen LogP contribution < -0.4 is 5.32 Å². The van der Waals surface area contributed by atoms with Gasteiger partial charge in [0.05, 0.1) is 12.0 Å². The molecular weight excluding hydrogens is 258 g/mol. The molecule has 1 aliphatic rings. The molecule has 1 rings (SSSR count). The van der Waals surface area contributed by atoms with Gasteiger partial charge >= 0.3 is 5.97 Å². The molecule has 0 radical (unpaired) electrons. The van der Waals surface area contributed by atoms with Crippen molar-refractivity contribution in [1.29, 1.82) is 0 Å². The van der Waals surface area contributed by atoms with Crippen LogP contribution in [-0.4, -0.2) is 36.2 Å². The first kappa shape index (κ1) is 17.0. The number of ether oxygens (including phenoxy) is 1. The van der Waals surface area contributed by atoms with Gasteiger partial charge in [0.15, 0.2) is 0 Å². The molecule has 0 heterocycles. The monoisotopic (exact) mass is 285 g/mol. The zero-order chi connectivity index (χ0) is 15.0. The molecular formula is C15H27NO4. The lowest BCUT2D eigenvalue weighted by Crippen LogP contribution is -2.41. The predicted molar refractivity (Wildman–Crippen MR) is 76.5 cm³/mol. The average Bonchev–Trinajstić information content (AvgIpc) is 2.62. The molecule has 0 aliphatic heterocycles. The van der Waals surface area contributed by atoms with Gasteiger partial charge in [0, 0.05) is 19.1 Å². The Morgan fingerprint density at radius 1 is 1.25 bits per heavy atom. The summed E-state index contributed by atoms with van der Waals surface area (Å²) in [5, 5.41) is 12.4. The molecule has 0 aromatic carbocycles. The number of amides is 1. The van der Waals surface area contributed by atoms with Crippen LogP contribution in [-0.2, 0) is 14.3 Å². The van der Waals surface area contributed by atoms with Crippen molar-refractivity contribution in [3.8, 4) is 0 Å². The van der Waals surface area contributed by atoms with Crippen molar-refractivity contribution in [2.24, 2.45) is 5.41 Å². The lowest BCUT2D eigenvalue weighted by molar-refractivity contribution is -0.153. The number of carbonyl (C=O) groups is 2. The van der Waals surface area contributed by atoms with E-state index in [0.29, 0.717) is 26.1 Å². The van der Waals surface area contributed by atoms with Gasteiger partial charge in [0.1, 0.15) is 0 Å². The number of hydrogen-bond acceptors (Lipinski definition) is 3. The van der Waals surface area contributed by atoms with E-state index in [1.165, 1.54) is 0 Å². The smallest absolute Gasteiger partial charge is 0.310 e. The first-order valence-corrected chi connectivity index (χ1v) is 7.60. The van der Waals surface area contributed by atoms with Crippen molar-refractivity contribution in [2.45, 2.75) is 64.8 Å². The molecule has 5 heteroatoms. The Labute approximate surface area is 121 Å². The van der Waals surface area contributed by atoms with Crippen LogP contribution in [0.1, 0.15) is 58.8 Å². The fraction of sp³-hybridized carbons (Fsp3) is 0.867. The molecule has 1 unspecified atom stereocenters. The minimum atomic E-state index is -0.869. The standard InChI is InChI=1S/C15H27NO4/c1-3-20-11-12(2)16-13(17)10-15(14(18)19)8-6-4-5-7-9-15/h12H,3-11H2,1-2H3,(H,16,17)(H,18,19). The van der Waals surface area contributed by atoms with Crippen molar-refractivity contribution in [1.82, 2.24) is 5.32 Å². The van der Waals surface area contributed by atoms with E-state index in [1.807, 2.05) is 13.8 Å². The van der Waals surface area contributed by atoms with Crippen LogP contribution in [0.25, 0.3) is 0 Å². The van der Waals surface area contributed by atoms with Gasteiger partial charge in [-0.25, -0.2) is 0 Å².